The summed E-state index contributed by atoms with van der Waals surface area (Å²) in [5, 5.41) is 6.70. The lowest BCUT2D eigenvalue weighted by atomic mass is 9.68. The highest BCUT2D eigenvalue weighted by atomic mass is 16.2. The maximum atomic E-state index is 13.8. The van der Waals surface area contributed by atoms with Gasteiger partial charge in [0.05, 0.1) is 5.41 Å². The number of carbonyl (C=O) groups is 2. The number of carbonyl (C=O) groups excluding carboxylic acids is 2. The molecule has 29 heavy (non-hydrogen) atoms. The van der Waals surface area contributed by atoms with Gasteiger partial charge in [0.1, 0.15) is 5.54 Å². The van der Waals surface area contributed by atoms with E-state index in [0.29, 0.717) is 32.5 Å². The summed E-state index contributed by atoms with van der Waals surface area (Å²) in [6, 6.07) is 10.4. The Labute approximate surface area is 174 Å². The molecule has 0 atom stereocenters. The molecule has 2 saturated heterocycles. The molecule has 158 valence electrons. The van der Waals surface area contributed by atoms with Crippen molar-refractivity contribution in [3.63, 3.8) is 0 Å². The van der Waals surface area contributed by atoms with E-state index in [1.807, 2.05) is 23.1 Å². The molecule has 3 aliphatic rings. The van der Waals surface area contributed by atoms with Gasteiger partial charge in [0.25, 0.3) is 0 Å². The van der Waals surface area contributed by atoms with Crippen molar-refractivity contribution in [2.24, 2.45) is 5.41 Å². The summed E-state index contributed by atoms with van der Waals surface area (Å²) < 4.78 is 0. The molecule has 1 aromatic carbocycles. The highest BCUT2D eigenvalue weighted by Gasteiger charge is 2.48. The van der Waals surface area contributed by atoms with Crippen LogP contribution in [0.3, 0.4) is 0 Å². The zero-order chi connectivity index (χ0) is 20.5. The van der Waals surface area contributed by atoms with Crippen LogP contribution in [0.4, 0.5) is 0 Å². The van der Waals surface area contributed by atoms with Crippen LogP contribution in [0.2, 0.25) is 0 Å². The average molecular weight is 398 g/mol. The van der Waals surface area contributed by atoms with E-state index < -0.39 is 5.54 Å². The molecule has 5 nitrogen and oxygen atoms in total. The fourth-order valence-electron chi connectivity index (χ4n) is 5.38. The lowest BCUT2D eigenvalue weighted by molar-refractivity contribution is -0.143. The van der Waals surface area contributed by atoms with Crippen molar-refractivity contribution in [3.8, 4) is 0 Å². The summed E-state index contributed by atoms with van der Waals surface area (Å²) in [7, 11) is 0. The first kappa shape index (κ1) is 20.4. The molecular formula is C24H35N3O2. The first-order chi connectivity index (χ1) is 13.9. The molecule has 3 fully saturated rings. The Morgan fingerprint density at radius 1 is 0.931 bits per heavy atom. The molecule has 1 saturated carbocycles. The van der Waals surface area contributed by atoms with Crippen LogP contribution in [-0.4, -0.2) is 48.4 Å². The number of benzene rings is 1. The molecule has 1 aliphatic carbocycles. The molecule has 0 unspecified atom stereocenters. The summed E-state index contributed by atoms with van der Waals surface area (Å²) in [5.74, 6) is 0.373. The lowest BCUT2D eigenvalue weighted by Crippen LogP contribution is -2.62. The standard InChI is InChI=1S/C24H35N3O2/c1-22(2)17-25-20(28)24(26-18-22)13-15-27(16-14-24)21(29)23(11-7-4-8-12-23)19-9-5-3-6-10-19/h3,5-6,9-10,26H,4,7-8,11-18H2,1-2H3,(H,25,28). The van der Waals surface area contributed by atoms with Gasteiger partial charge in [-0.2, -0.15) is 0 Å². The van der Waals surface area contributed by atoms with Crippen molar-refractivity contribution in [1.82, 2.24) is 15.5 Å². The molecule has 2 N–H and O–H groups in total. The van der Waals surface area contributed by atoms with Crippen LogP contribution < -0.4 is 10.6 Å². The first-order valence-electron chi connectivity index (χ1n) is 11.3. The molecule has 0 bridgehead atoms. The maximum absolute atomic E-state index is 13.8. The fourth-order valence-corrected chi connectivity index (χ4v) is 5.38. The third kappa shape index (κ3) is 3.81. The number of amides is 2. The third-order valence-electron chi connectivity index (χ3n) is 7.41. The maximum Gasteiger partial charge on any atom is 0.240 e. The van der Waals surface area contributed by atoms with E-state index in [1.165, 1.54) is 6.42 Å². The number of hydrogen-bond acceptors (Lipinski definition) is 3. The van der Waals surface area contributed by atoms with Crippen LogP contribution in [0.25, 0.3) is 0 Å². The Bertz CT molecular complexity index is 745. The number of nitrogens with one attached hydrogen (secondary N) is 2. The summed E-state index contributed by atoms with van der Waals surface area (Å²) in [5.41, 5.74) is 0.297. The van der Waals surface area contributed by atoms with Crippen molar-refractivity contribution in [2.45, 2.75) is 69.7 Å². The summed E-state index contributed by atoms with van der Waals surface area (Å²) in [6.07, 6.45) is 6.67. The van der Waals surface area contributed by atoms with Crippen LogP contribution >= 0.6 is 0 Å². The van der Waals surface area contributed by atoms with Gasteiger partial charge in [-0.25, -0.2) is 0 Å². The SMILES string of the molecule is CC1(C)CNC(=O)C2(CCN(C(=O)C3(c4ccccc4)CCCCC3)CC2)NC1. The second-order valence-corrected chi connectivity index (χ2v) is 10.1. The van der Waals surface area contributed by atoms with Crippen LogP contribution in [0, 0.1) is 5.41 Å². The smallest absolute Gasteiger partial charge is 0.240 e. The predicted molar refractivity (Wildman–Crippen MR) is 115 cm³/mol. The Morgan fingerprint density at radius 2 is 1.59 bits per heavy atom. The van der Waals surface area contributed by atoms with E-state index in [4.69, 9.17) is 0 Å². The summed E-state index contributed by atoms with van der Waals surface area (Å²) in [4.78, 5) is 28.7. The molecule has 0 aromatic heterocycles. The van der Waals surface area contributed by atoms with Gasteiger partial charge < -0.3 is 15.5 Å². The van der Waals surface area contributed by atoms with Crippen LogP contribution in [-0.2, 0) is 15.0 Å². The minimum absolute atomic E-state index is 0.0472. The van der Waals surface area contributed by atoms with Gasteiger partial charge in [-0.05, 0) is 36.7 Å². The summed E-state index contributed by atoms with van der Waals surface area (Å²) >= 11 is 0. The predicted octanol–water partition coefficient (Wildman–Crippen LogP) is 3.00. The van der Waals surface area contributed by atoms with Crippen molar-refractivity contribution in [3.05, 3.63) is 35.9 Å². The fraction of sp³-hybridized carbons (Fsp3) is 0.667. The second kappa shape index (κ2) is 7.75. The topological polar surface area (TPSA) is 61.4 Å². The largest absolute Gasteiger partial charge is 0.354 e. The number of nitrogens with zero attached hydrogens (tertiary/aromatic N) is 1. The van der Waals surface area contributed by atoms with Gasteiger partial charge in [-0.3, -0.25) is 9.59 Å². The van der Waals surface area contributed by atoms with Crippen molar-refractivity contribution in [1.29, 1.82) is 0 Å². The molecule has 2 amide bonds. The van der Waals surface area contributed by atoms with Crippen LogP contribution in [0.15, 0.2) is 30.3 Å². The number of rotatable bonds is 2. The Hall–Kier alpha value is -1.88. The van der Waals surface area contributed by atoms with Gasteiger partial charge in [-0.1, -0.05) is 63.4 Å². The monoisotopic (exact) mass is 397 g/mol. The molecular weight excluding hydrogens is 362 g/mol. The third-order valence-corrected chi connectivity index (χ3v) is 7.41. The number of hydrogen-bond donors (Lipinski definition) is 2. The lowest BCUT2D eigenvalue weighted by Gasteiger charge is -2.45. The van der Waals surface area contributed by atoms with Gasteiger partial charge in [0.15, 0.2) is 0 Å². The van der Waals surface area contributed by atoms with Gasteiger partial charge in [-0.15, -0.1) is 0 Å². The average Bonchev–Trinajstić information content (AvgIpc) is 2.87. The Morgan fingerprint density at radius 3 is 2.24 bits per heavy atom. The van der Waals surface area contributed by atoms with Gasteiger partial charge >= 0.3 is 0 Å². The first-order valence-corrected chi connectivity index (χ1v) is 11.3. The van der Waals surface area contributed by atoms with Crippen molar-refractivity contribution < 1.29 is 9.59 Å². The van der Waals surface area contributed by atoms with Gasteiger partial charge in [0, 0.05) is 26.2 Å². The molecule has 2 heterocycles. The van der Waals surface area contributed by atoms with Gasteiger partial charge in [0.2, 0.25) is 11.8 Å². The van der Waals surface area contributed by atoms with Crippen molar-refractivity contribution >= 4 is 11.8 Å². The zero-order valence-electron chi connectivity index (χ0n) is 17.9. The highest BCUT2D eigenvalue weighted by Crippen LogP contribution is 2.42. The van der Waals surface area contributed by atoms with Crippen molar-refractivity contribution in [2.75, 3.05) is 26.2 Å². The molecule has 1 spiro atoms. The molecule has 1 aromatic rings. The second-order valence-electron chi connectivity index (χ2n) is 10.1. The minimum Gasteiger partial charge on any atom is -0.354 e. The molecule has 2 aliphatic heterocycles. The molecule has 0 radical (unpaired) electrons. The van der Waals surface area contributed by atoms with E-state index in [2.05, 4.69) is 36.6 Å². The summed E-state index contributed by atoms with van der Waals surface area (Å²) in [6.45, 7) is 7.14. The number of likely N-dealkylation sites (tertiary alicyclic amines) is 1. The van der Waals surface area contributed by atoms with Crippen LogP contribution in [0.5, 0.6) is 0 Å². The van der Waals surface area contributed by atoms with E-state index in [9.17, 15) is 9.59 Å². The Kier molecular flexibility index (Phi) is 5.45. The van der Waals surface area contributed by atoms with Crippen LogP contribution in [0.1, 0.15) is 64.4 Å². The quantitative estimate of drug-likeness (QED) is 0.806. The number of piperidine rings is 1. The van der Waals surface area contributed by atoms with E-state index >= 15 is 0 Å². The highest BCUT2D eigenvalue weighted by molar-refractivity contribution is 5.90. The molecule has 4 rings (SSSR count). The molecule has 5 heteroatoms. The minimum atomic E-state index is -0.531. The van der Waals surface area contributed by atoms with E-state index in [-0.39, 0.29) is 22.6 Å². The Balaban J connectivity index is 1.51. The normalized spacial score (nSPS) is 25.9. The zero-order valence-corrected chi connectivity index (χ0v) is 17.9. The van der Waals surface area contributed by atoms with E-state index in [0.717, 1.165) is 37.8 Å². The van der Waals surface area contributed by atoms with E-state index in [1.54, 1.807) is 0 Å².